The SMILES string of the molecule is CC(C)(C)[Si](C)(C)O[C@@H]1[C@H](OP(O)O)[C@@H](COC(c2ccccc2)(c2ccccc2)c2ccccc2)O[C@H]1n1ccc(=O)[nH]c1=O.CCN(CC)CC. The molecule has 53 heavy (non-hydrogen) atoms. The Morgan fingerprint density at radius 1 is 0.792 bits per heavy atom. The standard InChI is InChI=1S/C34H41N2O8PSi.C6H15N/c1-33(2,3)46(4,5)44-30-29(43-45(39)40)27(42-31(30)36-22-21-28(37)35-32(36)38)23-41-34(24-15-9-6-10-16-24,25-17-11-7-12-18-25)26-19-13-8-14-20-26;1-4-7(5-2)6-3/h6-22,27,29-31,39-40H,23H2,1-5H3,(H,35,37,38);4-6H2,1-3H3/t27-,29-,30-,31-;/m1./s1. The summed E-state index contributed by atoms with van der Waals surface area (Å²) in [5.74, 6) is 0. The van der Waals surface area contributed by atoms with Crippen LogP contribution < -0.4 is 11.2 Å². The van der Waals surface area contributed by atoms with Crippen LogP contribution in [0.2, 0.25) is 18.1 Å². The Hall–Kier alpha value is -3.29. The molecule has 0 amide bonds. The van der Waals surface area contributed by atoms with Gasteiger partial charge in [-0.25, -0.2) is 4.79 Å². The number of nitrogens with one attached hydrogen (secondary N) is 1. The zero-order valence-corrected chi connectivity index (χ0v) is 34.0. The van der Waals surface area contributed by atoms with Crippen molar-refractivity contribution in [2.45, 2.75) is 89.8 Å². The highest BCUT2D eigenvalue weighted by Crippen LogP contribution is 2.46. The molecule has 11 nitrogen and oxygen atoms in total. The Morgan fingerprint density at radius 3 is 1.64 bits per heavy atom. The molecule has 1 fully saturated rings. The van der Waals surface area contributed by atoms with Gasteiger partial charge in [0, 0.05) is 12.3 Å². The molecular weight excluding hydrogens is 710 g/mol. The summed E-state index contributed by atoms with van der Waals surface area (Å²) in [4.78, 5) is 50.0. The maximum atomic E-state index is 13.1. The van der Waals surface area contributed by atoms with Gasteiger partial charge in [0.1, 0.15) is 23.9 Å². The Labute approximate surface area is 315 Å². The van der Waals surface area contributed by atoms with Crippen molar-refractivity contribution in [1.29, 1.82) is 0 Å². The van der Waals surface area contributed by atoms with Gasteiger partial charge in [0.25, 0.3) is 5.56 Å². The monoisotopic (exact) mass is 765 g/mol. The van der Waals surface area contributed by atoms with Gasteiger partial charge in [0.2, 0.25) is 0 Å². The third kappa shape index (κ3) is 10.3. The number of hydrogen-bond donors (Lipinski definition) is 3. The summed E-state index contributed by atoms with van der Waals surface area (Å²) in [7, 11) is -5.41. The number of benzene rings is 3. The second kappa shape index (κ2) is 18.8. The van der Waals surface area contributed by atoms with Crippen LogP contribution in [0.15, 0.2) is 113 Å². The fourth-order valence-electron chi connectivity index (χ4n) is 6.22. The Morgan fingerprint density at radius 2 is 1.26 bits per heavy atom. The first-order valence-electron chi connectivity index (χ1n) is 18.2. The highest BCUT2D eigenvalue weighted by atomic mass is 31.2. The molecule has 1 aliphatic rings. The predicted octanol–water partition coefficient (Wildman–Crippen LogP) is 6.78. The van der Waals surface area contributed by atoms with Crippen LogP contribution in [0, 0.1) is 0 Å². The maximum absolute atomic E-state index is 13.1. The predicted molar refractivity (Wildman–Crippen MR) is 212 cm³/mol. The summed E-state index contributed by atoms with van der Waals surface area (Å²) < 4.78 is 27.4. The molecule has 0 spiro atoms. The Bertz CT molecular complexity index is 1700. The molecule has 3 N–H and O–H groups in total. The van der Waals surface area contributed by atoms with Gasteiger partial charge in [-0.15, -0.1) is 0 Å². The highest BCUT2D eigenvalue weighted by Gasteiger charge is 2.53. The van der Waals surface area contributed by atoms with Crippen molar-refractivity contribution in [3.63, 3.8) is 0 Å². The number of rotatable bonds is 14. The molecule has 1 aliphatic heterocycles. The van der Waals surface area contributed by atoms with Gasteiger partial charge in [0.05, 0.1) is 6.61 Å². The molecule has 4 atom stereocenters. The van der Waals surface area contributed by atoms with Crippen molar-refractivity contribution in [2.75, 3.05) is 26.2 Å². The topological polar surface area (TPSA) is 135 Å². The summed E-state index contributed by atoms with van der Waals surface area (Å²) in [5.41, 5.74) is 0.278. The minimum atomic E-state index is -2.85. The summed E-state index contributed by atoms with van der Waals surface area (Å²) in [6, 6.07) is 30.7. The number of H-pyrrole nitrogens is 1. The van der Waals surface area contributed by atoms with Gasteiger partial charge in [0.15, 0.2) is 14.5 Å². The van der Waals surface area contributed by atoms with E-state index in [1.165, 1.54) is 36.5 Å². The molecular formula is C40H56N3O8PSi. The summed E-state index contributed by atoms with van der Waals surface area (Å²) in [5, 5.41) is -0.237. The molecule has 13 heteroatoms. The lowest BCUT2D eigenvalue weighted by atomic mass is 9.80. The van der Waals surface area contributed by atoms with Crippen molar-refractivity contribution in [3.8, 4) is 0 Å². The van der Waals surface area contributed by atoms with Gasteiger partial charge >= 0.3 is 14.3 Å². The molecule has 1 saturated heterocycles. The van der Waals surface area contributed by atoms with Gasteiger partial charge in [-0.05, 0) is 54.5 Å². The van der Waals surface area contributed by atoms with E-state index in [2.05, 4.69) is 51.4 Å². The van der Waals surface area contributed by atoms with E-state index in [1.807, 2.05) is 104 Å². The molecule has 0 saturated carbocycles. The van der Waals surface area contributed by atoms with Crippen molar-refractivity contribution in [3.05, 3.63) is 141 Å². The van der Waals surface area contributed by atoms with E-state index < -0.39 is 58.3 Å². The minimum Gasteiger partial charge on any atom is -0.407 e. The third-order valence-corrected chi connectivity index (χ3v) is 15.1. The molecule has 288 valence electrons. The minimum absolute atomic E-state index is 0.0848. The number of aromatic amines is 1. The lowest BCUT2D eigenvalue weighted by Crippen LogP contribution is -2.50. The van der Waals surface area contributed by atoms with Crippen molar-refractivity contribution < 1.29 is 28.2 Å². The van der Waals surface area contributed by atoms with Crippen LogP contribution in [0.1, 0.15) is 64.5 Å². The number of ether oxygens (including phenoxy) is 2. The van der Waals surface area contributed by atoms with E-state index in [-0.39, 0.29) is 11.6 Å². The first-order chi connectivity index (χ1) is 25.2. The summed E-state index contributed by atoms with van der Waals surface area (Å²) in [6.45, 7) is 20.4. The zero-order valence-electron chi connectivity index (χ0n) is 32.1. The van der Waals surface area contributed by atoms with Crippen LogP contribution in [0.4, 0.5) is 0 Å². The molecule has 0 radical (unpaired) electrons. The summed E-state index contributed by atoms with van der Waals surface area (Å²) in [6.07, 6.45) is -2.62. The van der Waals surface area contributed by atoms with Crippen LogP contribution in [0.3, 0.4) is 0 Å². The van der Waals surface area contributed by atoms with Crippen LogP contribution in [-0.2, 0) is 24.0 Å². The second-order valence-electron chi connectivity index (χ2n) is 14.5. The van der Waals surface area contributed by atoms with Crippen molar-refractivity contribution in [1.82, 2.24) is 14.5 Å². The molecule has 5 rings (SSSR count). The maximum Gasteiger partial charge on any atom is 0.330 e. The number of hydrogen-bond acceptors (Lipinski definition) is 9. The van der Waals surface area contributed by atoms with Crippen molar-refractivity contribution >= 4 is 16.9 Å². The van der Waals surface area contributed by atoms with E-state index in [4.69, 9.17) is 18.4 Å². The average molecular weight is 766 g/mol. The molecule has 2 heterocycles. The molecule has 0 unspecified atom stereocenters. The van der Waals surface area contributed by atoms with Gasteiger partial charge in [-0.3, -0.25) is 14.3 Å². The fraction of sp³-hybridized carbons (Fsp3) is 0.450. The van der Waals surface area contributed by atoms with E-state index in [0.29, 0.717) is 0 Å². The first-order valence-corrected chi connectivity index (χ1v) is 22.3. The zero-order chi connectivity index (χ0) is 38.8. The number of nitrogens with zero attached hydrogens (tertiary/aromatic N) is 2. The van der Waals surface area contributed by atoms with Crippen LogP contribution in [0.25, 0.3) is 0 Å². The van der Waals surface area contributed by atoms with E-state index >= 15 is 0 Å². The van der Waals surface area contributed by atoms with E-state index in [9.17, 15) is 19.4 Å². The molecule has 0 aliphatic carbocycles. The second-order valence-corrected chi connectivity index (χ2v) is 19.9. The highest BCUT2D eigenvalue weighted by molar-refractivity contribution is 7.39. The first kappa shape index (κ1) is 42.4. The summed E-state index contributed by atoms with van der Waals surface area (Å²) >= 11 is 0. The quantitative estimate of drug-likeness (QED) is 0.0722. The van der Waals surface area contributed by atoms with Crippen molar-refractivity contribution in [2.24, 2.45) is 0 Å². The van der Waals surface area contributed by atoms with Crippen LogP contribution >= 0.6 is 8.60 Å². The normalized spacial score (nSPS) is 19.3. The average Bonchev–Trinajstić information content (AvgIpc) is 3.45. The molecule has 4 aromatic rings. The lowest BCUT2D eigenvalue weighted by molar-refractivity contribution is -0.0941. The van der Waals surface area contributed by atoms with Crippen LogP contribution in [-0.4, -0.2) is 77.1 Å². The Balaban J connectivity index is 0.000000815. The van der Waals surface area contributed by atoms with Gasteiger partial charge in [-0.1, -0.05) is 133 Å². The van der Waals surface area contributed by atoms with Gasteiger partial charge < -0.3 is 33.1 Å². The van der Waals surface area contributed by atoms with E-state index in [1.54, 1.807) is 0 Å². The fourth-order valence-corrected chi connectivity index (χ4v) is 7.98. The molecule has 0 bridgehead atoms. The lowest BCUT2D eigenvalue weighted by Gasteiger charge is -2.40. The number of aromatic nitrogens is 2. The Kier molecular flexibility index (Phi) is 15.1. The largest absolute Gasteiger partial charge is 0.407 e. The molecule has 3 aromatic carbocycles. The molecule has 1 aromatic heterocycles. The van der Waals surface area contributed by atoms with Crippen LogP contribution in [0.5, 0.6) is 0 Å². The van der Waals surface area contributed by atoms with E-state index in [0.717, 1.165) is 16.7 Å². The third-order valence-electron chi connectivity index (χ3n) is 10.2. The van der Waals surface area contributed by atoms with Gasteiger partial charge in [-0.2, -0.15) is 0 Å². The smallest absolute Gasteiger partial charge is 0.330 e.